The molecule has 9 nitrogen and oxygen atoms in total. The van der Waals surface area contributed by atoms with Crippen LogP contribution in [0.3, 0.4) is 0 Å². The topological polar surface area (TPSA) is 136 Å². The van der Waals surface area contributed by atoms with E-state index in [4.69, 9.17) is 14.6 Å². The number of benzene rings is 1. The van der Waals surface area contributed by atoms with Crippen LogP contribution >= 0.6 is 0 Å². The van der Waals surface area contributed by atoms with E-state index < -0.39 is 35.0 Å². The van der Waals surface area contributed by atoms with Crippen molar-refractivity contribution in [2.75, 3.05) is 0 Å². The lowest BCUT2D eigenvalue weighted by Crippen LogP contribution is -2.36. The van der Waals surface area contributed by atoms with E-state index in [0.29, 0.717) is 5.56 Å². The molecular formula is C18H25NO8. The van der Waals surface area contributed by atoms with E-state index in [9.17, 15) is 24.8 Å². The molecule has 0 bridgehead atoms. The standard InChI is InChI=1S/C16H19NO8.C2H6/c1-9(18)24-8-10-2-3-15(14(4-10)17(22)23)25-13-6-11(16(20)21)5-12(19)7-13;1-2/h2-4,11-13,19H,5-8H2,1H3,(H,20,21);1-2H3. The number of aliphatic hydroxyl groups is 1. The lowest BCUT2D eigenvalue weighted by molar-refractivity contribution is -0.386. The third-order valence-corrected chi connectivity index (χ3v) is 3.94. The van der Waals surface area contributed by atoms with Crippen molar-refractivity contribution >= 4 is 17.6 Å². The highest BCUT2D eigenvalue weighted by Gasteiger charge is 2.34. The second kappa shape index (κ2) is 10.5. The number of ether oxygens (including phenoxy) is 2. The van der Waals surface area contributed by atoms with Gasteiger partial charge in [0.1, 0.15) is 12.7 Å². The molecule has 0 heterocycles. The summed E-state index contributed by atoms with van der Waals surface area (Å²) >= 11 is 0. The minimum absolute atomic E-state index is 0.0141. The van der Waals surface area contributed by atoms with Crippen LogP contribution in [0.5, 0.6) is 5.75 Å². The average Bonchev–Trinajstić information content (AvgIpc) is 2.61. The van der Waals surface area contributed by atoms with Crippen LogP contribution < -0.4 is 4.74 Å². The van der Waals surface area contributed by atoms with Crippen LogP contribution in [-0.4, -0.2) is 39.3 Å². The molecule has 0 spiro atoms. The number of nitrogens with zero attached hydrogens (tertiary/aromatic N) is 1. The fourth-order valence-electron chi connectivity index (χ4n) is 2.80. The van der Waals surface area contributed by atoms with Crippen LogP contribution in [-0.2, 0) is 20.9 Å². The predicted octanol–water partition coefficient (Wildman–Crippen LogP) is 2.68. The maximum absolute atomic E-state index is 11.3. The Balaban J connectivity index is 0.00000176. The number of carbonyl (C=O) groups is 2. The maximum Gasteiger partial charge on any atom is 0.311 e. The van der Waals surface area contributed by atoms with Crippen molar-refractivity contribution in [3.8, 4) is 5.75 Å². The molecule has 1 fully saturated rings. The lowest BCUT2D eigenvalue weighted by atomic mass is 9.85. The minimum Gasteiger partial charge on any atom is -0.483 e. The number of nitro groups is 1. The smallest absolute Gasteiger partial charge is 0.311 e. The quantitative estimate of drug-likeness (QED) is 0.435. The molecule has 1 aromatic rings. The molecule has 1 aliphatic rings. The summed E-state index contributed by atoms with van der Waals surface area (Å²) in [5.41, 5.74) is 0.123. The number of aliphatic carboxylic acids is 1. The van der Waals surface area contributed by atoms with Gasteiger partial charge in [0.15, 0.2) is 5.75 Å². The van der Waals surface area contributed by atoms with E-state index in [-0.39, 0.29) is 37.3 Å². The largest absolute Gasteiger partial charge is 0.483 e. The zero-order chi connectivity index (χ0) is 20.6. The molecule has 0 aromatic heterocycles. The van der Waals surface area contributed by atoms with Gasteiger partial charge in [-0.1, -0.05) is 19.9 Å². The molecule has 150 valence electrons. The number of carboxylic acids is 1. The van der Waals surface area contributed by atoms with Gasteiger partial charge in [-0.3, -0.25) is 19.7 Å². The molecule has 1 saturated carbocycles. The van der Waals surface area contributed by atoms with Gasteiger partial charge in [-0.2, -0.15) is 0 Å². The fraction of sp³-hybridized carbons (Fsp3) is 0.556. The van der Waals surface area contributed by atoms with Crippen LogP contribution in [0.2, 0.25) is 0 Å². The second-order valence-electron chi connectivity index (χ2n) is 5.98. The zero-order valence-electron chi connectivity index (χ0n) is 15.6. The monoisotopic (exact) mass is 383 g/mol. The van der Waals surface area contributed by atoms with Crippen LogP contribution in [0.4, 0.5) is 5.69 Å². The first-order valence-electron chi connectivity index (χ1n) is 8.74. The molecular weight excluding hydrogens is 358 g/mol. The molecule has 0 aliphatic heterocycles. The summed E-state index contributed by atoms with van der Waals surface area (Å²) in [6.07, 6.45) is -0.960. The highest BCUT2D eigenvalue weighted by molar-refractivity contribution is 5.70. The molecule has 1 aliphatic carbocycles. The van der Waals surface area contributed by atoms with E-state index in [0.717, 1.165) is 0 Å². The molecule has 3 unspecified atom stereocenters. The van der Waals surface area contributed by atoms with Crippen LogP contribution in [0.1, 0.15) is 45.6 Å². The first-order valence-corrected chi connectivity index (χ1v) is 8.74. The summed E-state index contributed by atoms with van der Waals surface area (Å²) < 4.78 is 10.4. The van der Waals surface area contributed by atoms with E-state index in [2.05, 4.69) is 0 Å². The number of esters is 1. The number of carboxylic acid groups (broad SMARTS) is 1. The Bertz CT molecular complexity index is 675. The Labute approximate surface area is 157 Å². The van der Waals surface area contributed by atoms with Crippen LogP contribution in [0.25, 0.3) is 0 Å². The molecule has 0 amide bonds. The number of carbonyl (C=O) groups excluding carboxylic acids is 1. The first-order chi connectivity index (χ1) is 12.8. The second-order valence-corrected chi connectivity index (χ2v) is 5.98. The van der Waals surface area contributed by atoms with Gasteiger partial charge in [-0.15, -0.1) is 0 Å². The number of aliphatic hydroxyl groups excluding tert-OH is 1. The van der Waals surface area contributed by atoms with Crippen molar-refractivity contribution in [1.29, 1.82) is 0 Å². The highest BCUT2D eigenvalue weighted by atomic mass is 16.6. The van der Waals surface area contributed by atoms with Crippen molar-refractivity contribution in [2.24, 2.45) is 5.92 Å². The fourth-order valence-corrected chi connectivity index (χ4v) is 2.80. The molecule has 27 heavy (non-hydrogen) atoms. The number of rotatable bonds is 6. The number of hydrogen-bond acceptors (Lipinski definition) is 7. The normalized spacial score (nSPS) is 21.4. The van der Waals surface area contributed by atoms with Crippen molar-refractivity contribution in [2.45, 2.75) is 58.8 Å². The summed E-state index contributed by atoms with van der Waals surface area (Å²) in [5.74, 6) is -2.30. The van der Waals surface area contributed by atoms with E-state index >= 15 is 0 Å². The SMILES string of the molecule is CC.CC(=O)OCc1ccc(OC2CC(O)CC(C(=O)O)C2)c([N+](=O)[O-])c1. The van der Waals surface area contributed by atoms with Crippen molar-refractivity contribution in [1.82, 2.24) is 0 Å². The molecule has 9 heteroatoms. The maximum atomic E-state index is 11.3. The zero-order valence-corrected chi connectivity index (χ0v) is 15.6. The molecule has 0 radical (unpaired) electrons. The average molecular weight is 383 g/mol. The Kier molecular flexibility index (Phi) is 8.67. The van der Waals surface area contributed by atoms with Gasteiger partial charge in [0.05, 0.1) is 16.9 Å². The highest BCUT2D eigenvalue weighted by Crippen LogP contribution is 2.33. The summed E-state index contributed by atoms with van der Waals surface area (Å²) in [6, 6.07) is 4.15. The van der Waals surface area contributed by atoms with Gasteiger partial charge < -0.3 is 19.7 Å². The summed E-state index contributed by atoms with van der Waals surface area (Å²) in [5, 5.41) is 30.2. The van der Waals surface area contributed by atoms with E-state index in [1.165, 1.54) is 25.1 Å². The molecule has 3 atom stereocenters. The number of hydrogen-bond donors (Lipinski definition) is 2. The van der Waals surface area contributed by atoms with Crippen LogP contribution in [0, 0.1) is 16.0 Å². The van der Waals surface area contributed by atoms with Gasteiger partial charge in [-0.25, -0.2) is 0 Å². The molecule has 1 aromatic carbocycles. The molecule has 0 saturated heterocycles. The Hall–Kier alpha value is -2.68. The lowest BCUT2D eigenvalue weighted by Gasteiger charge is -2.30. The van der Waals surface area contributed by atoms with Crippen molar-refractivity contribution in [3.63, 3.8) is 0 Å². The van der Waals surface area contributed by atoms with Gasteiger partial charge in [0, 0.05) is 19.4 Å². The van der Waals surface area contributed by atoms with Gasteiger partial charge in [0.25, 0.3) is 0 Å². The molecule has 2 rings (SSSR count). The van der Waals surface area contributed by atoms with E-state index in [1.807, 2.05) is 13.8 Å². The Morgan fingerprint density at radius 2 is 1.93 bits per heavy atom. The first kappa shape index (κ1) is 22.4. The summed E-state index contributed by atoms with van der Waals surface area (Å²) in [6.45, 7) is 5.14. The minimum atomic E-state index is -1.03. The predicted molar refractivity (Wildman–Crippen MR) is 95.3 cm³/mol. The van der Waals surface area contributed by atoms with Gasteiger partial charge in [0.2, 0.25) is 0 Å². The Morgan fingerprint density at radius 3 is 2.48 bits per heavy atom. The Morgan fingerprint density at radius 1 is 1.26 bits per heavy atom. The molecule has 2 N–H and O–H groups in total. The van der Waals surface area contributed by atoms with Gasteiger partial charge in [-0.05, 0) is 24.5 Å². The van der Waals surface area contributed by atoms with Gasteiger partial charge >= 0.3 is 17.6 Å². The third kappa shape index (κ3) is 6.86. The summed E-state index contributed by atoms with van der Waals surface area (Å²) in [7, 11) is 0. The third-order valence-electron chi connectivity index (χ3n) is 3.94. The summed E-state index contributed by atoms with van der Waals surface area (Å²) in [4.78, 5) is 32.6. The van der Waals surface area contributed by atoms with Crippen molar-refractivity contribution < 1.29 is 34.2 Å². The van der Waals surface area contributed by atoms with Crippen molar-refractivity contribution in [3.05, 3.63) is 33.9 Å². The van der Waals surface area contributed by atoms with E-state index in [1.54, 1.807) is 0 Å². The number of nitro benzene ring substituents is 1. The van der Waals surface area contributed by atoms with Crippen LogP contribution in [0.15, 0.2) is 18.2 Å².